The van der Waals surface area contributed by atoms with E-state index in [2.05, 4.69) is 73.9 Å². The number of hydrogen-bond donors (Lipinski definition) is 0. The normalized spacial score (nSPS) is 15.3. The number of hydrogen-bond acceptors (Lipinski definition) is 8. The van der Waals surface area contributed by atoms with E-state index in [1.54, 1.807) is 18.9 Å². The number of rotatable bonds is 6. The van der Waals surface area contributed by atoms with Gasteiger partial charge in [-0.25, -0.2) is 0 Å². The molecule has 2 aliphatic rings. The molecule has 0 unspecified atom stereocenters. The number of methoxy groups -OCH3 is 1. The highest BCUT2D eigenvalue weighted by atomic mass is 32.2. The summed E-state index contributed by atoms with van der Waals surface area (Å²) in [6.07, 6.45) is 7.88. The van der Waals surface area contributed by atoms with Crippen LogP contribution in [0.2, 0.25) is 0 Å². The maximum Gasteiger partial charge on any atom is 0.198 e. The first-order valence-electron chi connectivity index (χ1n) is 12.1. The second-order valence-electron chi connectivity index (χ2n) is 8.53. The van der Waals surface area contributed by atoms with Crippen molar-refractivity contribution in [1.82, 2.24) is 20.2 Å². The molecule has 4 aromatic rings. The van der Waals surface area contributed by atoms with Crippen LogP contribution >= 0.6 is 11.8 Å². The third kappa shape index (κ3) is 4.96. The molecule has 37 heavy (non-hydrogen) atoms. The minimum absolute atomic E-state index is 0.532. The standard InChI is InChI=1S/C28H26N6O2S/c1-35-23-12-9-21(10-13-23)34-30-28(29-31-34)8-4-5-15-33-24-6-2-3-7-26(24)37-27-14-11-22(20-25(27)33)32-16-18-36-19-17-32/h2-15,20H,16-19H2,1H3/b8-4+,15-5+. The Morgan fingerprint density at radius 3 is 2.51 bits per heavy atom. The molecule has 1 fully saturated rings. The van der Waals surface area contributed by atoms with Crippen LogP contribution in [0.1, 0.15) is 5.82 Å². The third-order valence-corrected chi connectivity index (χ3v) is 7.38. The Morgan fingerprint density at radius 2 is 1.68 bits per heavy atom. The predicted octanol–water partition coefficient (Wildman–Crippen LogP) is 5.34. The molecule has 6 rings (SSSR count). The Morgan fingerprint density at radius 1 is 0.892 bits per heavy atom. The van der Waals surface area contributed by atoms with Crippen molar-refractivity contribution in [2.24, 2.45) is 0 Å². The van der Waals surface area contributed by atoms with Crippen LogP contribution in [0.15, 0.2) is 94.9 Å². The molecule has 0 spiro atoms. The maximum absolute atomic E-state index is 5.54. The molecule has 0 radical (unpaired) electrons. The van der Waals surface area contributed by atoms with Crippen LogP contribution in [-0.2, 0) is 4.74 Å². The first-order chi connectivity index (χ1) is 18.3. The molecule has 3 aromatic carbocycles. The van der Waals surface area contributed by atoms with E-state index in [1.165, 1.54) is 26.0 Å². The summed E-state index contributed by atoms with van der Waals surface area (Å²) in [5.74, 6) is 1.32. The van der Waals surface area contributed by atoms with Crippen LogP contribution in [0, 0.1) is 0 Å². The van der Waals surface area contributed by atoms with Crippen LogP contribution in [0.4, 0.5) is 17.1 Å². The van der Waals surface area contributed by atoms with Crippen molar-refractivity contribution in [3.8, 4) is 11.4 Å². The topological polar surface area (TPSA) is 68.5 Å². The van der Waals surface area contributed by atoms with Gasteiger partial charge in [0.1, 0.15) is 5.75 Å². The van der Waals surface area contributed by atoms with E-state index < -0.39 is 0 Å². The van der Waals surface area contributed by atoms with Gasteiger partial charge in [-0.3, -0.25) is 0 Å². The predicted molar refractivity (Wildman–Crippen MR) is 146 cm³/mol. The van der Waals surface area contributed by atoms with Gasteiger partial charge in [0, 0.05) is 34.8 Å². The zero-order chi connectivity index (χ0) is 25.0. The van der Waals surface area contributed by atoms with Crippen molar-refractivity contribution < 1.29 is 9.47 Å². The van der Waals surface area contributed by atoms with Gasteiger partial charge in [-0.15, -0.1) is 15.0 Å². The highest BCUT2D eigenvalue weighted by Crippen LogP contribution is 2.49. The lowest BCUT2D eigenvalue weighted by Gasteiger charge is -2.33. The fourth-order valence-corrected chi connectivity index (χ4v) is 5.40. The van der Waals surface area contributed by atoms with Gasteiger partial charge in [0.05, 0.1) is 37.4 Å². The van der Waals surface area contributed by atoms with E-state index in [-0.39, 0.29) is 0 Å². The van der Waals surface area contributed by atoms with E-state index in [4.69, 9.17) is 9.47 Å². The molecule has 8 nitrogen and oxygen atoms in total. The number of anilines is 3. The molecular weight excluding hydrogens is 484 g/mol. The fourth-order valence-electron chi connectivity index (χ4n) is 4.34. The molecule has 186 valence electrons. The molecule has 1 aromatic heterocycles. The molecule has 0 atom stereocenters. The van der Waals surface area contributed by atoms with E-state index in [0.717, 1.165) is 43.4 Å². The molecule has 0 aliphatic carbocycles. The van der Waals surface area contributed by atoms with Gasteiger partial charge in [-0.2, -0.15) is 0 Å². The molecule has 0 N–H and O–H groups in total. The summed E-state index contributed by atoms with van der Waals surface area (Å²) < 4.78 is 10.8. The number of aromatic nitrogens is 4. The summed E-state index contributed by atoms with van der Waals surface area (Å²) in [7, 11) is 1.64. The van der Waals surface area contributed by atoms with Gasteiger partial charge in [0.25, 0.3) is 0 Å². The monoisotopic (exact) mass is 510 g/mol. The zero-order valence-electron chi connectivity index (χ0n) is 20.4. The molecule has 0 saturated carbocycles. The zero-order valence-corrected chi connectivity index (χ0v) is 21.2. The van der Waals surface area contributed by atoms with E-state index in [1.807, 2.05) is 42.5 Å². The third-order valence-electron chi connectivity index (χ3n) is 6.25. The largest absolute Gasteiger partial charge is 0.497 e. The van der Waals surface area contributed by atoms with Crippen LogP contribution in [0.3, 0.4) is 0 Å². The highest BCUT2D eigenvalue weighted by molar-refractivity contribution is 7.99. The van der Waals surface area contributed by atoms with Crippen LogP contribution in [0.5, 0.6) is 5.75 Å². The van der Waals surface area contributed by atoms with Crippen molar-refractivity contribution >= 4 is 34.9 Å². The minimum atomic E-state index is 0.532. The number of nitrogens with zero attached hydrogens (tertiary/aromatic N) is 6. The van der Waals surface area contributed by atoms with E-state index in [0.29, 0.717) is 5.82 Å². The number of benzene rings is 3. The van der Waals surface area contributed by atoms with Crippen molar-refractivity contribution in [1.29, 1.82) is 0 Å². The Labute approximate surface area is 219 Å². The number of ether oxygens (including phenoxy) is 2. The smallest absolute Gasteiger partial charge is 0.198 e. The second kappa shape index (κ2) is 10.5. The summed E-state index contributed by atoms with van der Waals surface area (Å²) in [6.45, 7) is 3.34. The first kappa shape index (κ1) is 23.3. The summed E-state index contributed by atoms with van der Waals surface area (Å²) in [5, 5.41) is 12.8. The van der Waals surface area contributed by atoms with Gasteiger partial charge in [0.2, 0.25) is 0 Å². The quantitative estimate of drug-likeness (QED) is 0.322. The summed E-state index contributed by atoms with van der Waals surface area (Å²) >= 11 is 1.80. The molecular formula is C28H26N6O2S. The molecule has 2 aliphatic heterocycles. The SMILES string of the molecule is COc1ccc(-n2nnc(/C=C/C=C/N3c4ccccc4Sc4ccc(N5CCOCC5)cc43)n2)cc1. The summed E-state index contributed by atoms with van der Waals surface area (Å²) in [5.41, 5.74) is 4.36. The Kier molecular flexibility index (Phi) is 6.62. The lowest BCUT2D eigenvalue weighted by Crippen LogP contribution is -2.36. The van der Waals surface area contributed by atoms with Gasteiger partial charge in [-0.1, -0.05) is 30.0 Å². The molecule has 0 bridgehead atoms. The van der Waals surface area contributed by atoms with Crippen LogP contribution < -0.4 is 14.5 Å². The average molecular weight is 511 g/mol. The second-order valence-corrected chi connectivity index (χ2v) is 9.61. The number of fused-ring (bicyclic) bond motifs is 2. The molecule has 1 saturated heterocycles. The van der Waals surface area contributed by atoms with Crippen molar-refractivity contribution in [2.45, 2.75) is 9.79 Å². The maximum atomic E-state index is 5.54. The lowest BCUT2D eigenvalue weighted by molar-refractivity contribution is 0.122. The Balaban J connectivity index is 1.24. The average Bonchev–Trinajstić information content (AvgIpc) is 3.44. The van der Waals surface area contributed by atoms with Gasteiger partial charge in [-0.05, 0) is 72.0 Å². The minimum Gasteiger partial charge on any atom is -0.497 e. The Hall–Kier alpha value is -4.08. The summed E-state index contributed by atoms with van der Waals surface area (Å²) in [6, 6.07) is 22.7. The number of tetrazole rings is 1. The first-order valence-corrected chi connectivity index (χ1v) is 12.9. The highest BCUT2D eigenvalue weighted by Gasteiger charge is 2.23. The van der Waals surface area contributed by atoms with Gasteiger partial charge >= 0.3 is 0 Å². The molecule has 0 amide bonds. The van der Waals surface area contributed by atoms with Gasteiger partial charge in [0.15, 0.2) is 5.82 Å². The van der Waals surface area contributed by atoms with Crippen LogP contribution in [-0.4, -0.2) is 53.6 Å². The molecule has 3 heterocycles. The number of allylic oxidation sites excluding steroid dienone is 2. The number of morpholine rings is 1. The molecule has 9 heteroatoms. The Bertz CT molecular complexity index is 1440. The van der Waals surface area contributed by atoms with Gasteiger partial charge < -0.3 is 19.3 Å². The van der Waals surface area contributed by atoms with Crippen molar-refractivity contribution in [2.75, 3.05) is 43.2 Å². The van der Waals surface area contributed by atoms with Crippen molar-refractivity contribution in [3.63, 3.8) is 0 Å². The van der Waals surface area contributed by atoms with Crippen molar-refractivity contribution in [3.05, 3.63) is 90.9 Å². The van der Waals surface area contributed by atoms with E-state index in [9.17, 15) is 0 Å². The fraction of sp³-hybridized carbons (Fsp3) is 0.179. The summed E-state index contributed by atoms with van der Waals surface area (Å²) in [4.78, 5) is 8.59. The lowest BCUT2D eigenvalue weighted by atomic mass is 10.2. The van der Waals surface area contributed by atoms with E-state index >= 15 is 0 Å². The number of para-hydroxylation sites is 1. The van der Waals surface area contributed by atoms with Crippen LogP contribution in [0.25, 0.3) is 11.8 Å².